The third-order valence-electron chi connectivity index (χ3n) is 2.40. The minimum absolute atomic E-state index is 0. The number of nitrogens with one attached hydrogen (secondary N) is 3. The Bertz CT molecular complexity index is 515. The number of guanidine groups is 1. The molecule has 0 spiro atoms. The first-order valence-electron chi connectivity index (χ1n) is 5.50. The lowest BCUT2D eigenvalue weighted by Crippen LogP contribution is -2.44. The Hall–Kier alpha value is -2.29. The Balaban J connectivity index is 0.00000361. The Labute approximate surface area is 121 Å². The minimum atomic E-state index is -0.559. The van der Waals surface area contributed by atoms with Crippen LogP contribution in [0.2, 0.25) is 0 Å². The van der Waals surface area contributed by atoms with E-state index in [0.29, 0.717) is 0 Å². The molecule has 5 N–H and O–H groups in total. The van der Waals surface area contributed by atoms with Crippen LogP contribution in [0.3, 0.4) is 0 Å². The molecule has 1 aromatic heterocycles. The van der Waals surface area contributed by atoms with Crippen LogP contribution >= 0.6 is 12.4 Å². The van der Waals surface area contributed by atoms with Gasteiger partial charge in [-0.3, -0.25) is 20.3 Å². The Morgan fingerprint density at radius 1 is 1.65 bits per heavy atom. The maximum absolute atomic E-state index is 11.8. The molecule has 0 bridgehead atoms. The van der Waals surface area contributed by atoms with E-state index < -0.39 is 10.8 Å². The molecule has 0 saturated carbocycles. The molecule has 10 heteroatoms. The van der Waals surface area contributed by atoms with E-state index in [2.05, 4.69) is 10.6 Å². The zero-order valence-corrected chi connectivity index (χ0v) is 11.9. The maximum atomic E-state index is 11.8. The lowest BCUT2D eigenvalue weighted by Gasteiger charge is -2.14. The van der Waals surface area contributed by atoms with Crippen molar-refractivity contribution in [2.75, 3.05) is 6.54 Å². The second-order valence-electron chi connectivity index (χ2n) is 4.12. The molecular formula is C10H17ClN6O3. The van der Waals surface area contributed by atoms with E-state index in [9.17, 15) is 14.9 Å². The highest BCUT2D eigenvalue weighted by molar-refractivity contribution is 5.93. The molecule has 0 aliphatic heterocycles. The van der Waals surface area contributed by atoms with E-state index in [-0.39, 0.29) is 42.3 Å². The molecule has 0 aliphatic rings. The smallest absolute Gasteiger partial charge is 0.287 e. The molecule has 112 valence electrons. The molecule has 1 atom stereocenters. The summed E-state index contributed by atoms with van der Waals surface area (Å²) in [4.78, 5) is 21.9. The summed E-state index contributed by atoms with van der Waals surface area (Å²) in [5.41, 5.74) is 5.21. The van der Waals surface area contributed by atoms with Crippen molar-refractivity contribution in [2.24, 2.45) is 12.8 Å². The number of hydrogen-bond donors (Lipinski definition) is 4. The summed E-state index contributed by atoms with van der Waals surface area (Å²) in [6.45, 7) is 1.99. The fraction of sp³-hybridized carbons (Fsp3) is 0.400. The zero-order chi connectivity index (χ0) is 14.6. The van der Waals surface area contributed by atoms with Crippen LogP contribution in [-0.2, 0) is 7.05 Å². The van der Waals surface area contributed by atoms with Gasteiger partial charge in [0.25, 0.3) is 11.6 Å². The number of nitrogens with two attached hydrogens (primary N) is 1. The number of aromatic nitrogens is 1. The summed E-state index contributed by atoms with van der Waals surface area (Å²) in [6.07, 6.45) is 1.27. The number of hydrogen-bond acceptors (Lipinski definition) is 4. The molecule has 0 saturated heterocycles. The van der Waals surface area contributed by atoms with Crippen molar-refractivity contribution in [3.63, 3.8) is 0 Å². The van der Waals surface area contributed by atoms with Gasteiger partial charge in [-0.15, -0.1) is 12.4 Å². The van der Waals surface area contributed by atoms with E-state index in [1.165, 1.54) is 16.8 Å². The average molecular weight is 305 g/mol. The van der Waals surface area contributed by atoms with Crippen molar-refractivity contribution < 1.29 is 9.72 Å². The molecule has 9 nitrogen and oxygen atoms in total. The Morgan fingerprint density at radius 2 is 2.25 bits per heavy atom. The summed E-state index contributed by atoms with van der Waals surface area (Å²) in [6, 6.07) is 0.995. The number of carbonyl (C=O) groups excluding carboxylic acids is 1. The SMILES string of the molecule is CC(CNC(=O)c1cc([N+](=O)[O-])cn1C)NC(=N)N.Cl. The molecule has 1 aromatic rings. The second-order valence-corrected chi connectivity index (χ2v) is 4.12. The Morgan fingerprint density at radius 3 is 2.70 bits per heavy atom. The van der Waals surface area contributed by atoms with Crippen molar-refractivity contribution in [2.45, 2.75) is 13.0 Å². The number of rotatable bonds is 5. The molecular weight excluding hydrogens is 288 g/mol. The van der Waals surface area contributed by atoms with Crippen LogP contribution in [0.4, 0.5) is 5.69 Å². The molecule has 1 rings (SSSR count). The fourth-order valence-corrected chi connectivity index (χ4v) is 1.53. The average Bonchev–Trinajstić information content (AvgIpc) is 2.67. The number of carbonyl (C=O) groups is 1. The van der Waals surface area contributed by atoms with E-state index in [4.69, 9.17) is 11.1 Å². The van der Waals surface area contributed by atoms with Gasteiger partial charge in [0.15, 0.2) is 5.96 Å². The first-order chi connectivity index (χ1) is 8.81. The molecule has 0 aliphatic carbocycles. The summed E-state index contributed by atoms with van der Waals surface area (Å²) < 4.78 is 1.39. The Kier molecular flexibility index (Phi) is 6.50. The van der Waals surface area contributed by atoms with Gasteiger partial charge in [-0.1, -0.05) is 0 Å². The van der Waals surface area contributed by atoms with Crippen LogP contribution < -0.4 is 16.4 Å². The number of nitro groups is 1. The highest BCUT2D eigenvalue weighted by Gasteiger charge is 2.17. The predicted molar refractivity (Wildman–Crippen MR) is 76.2 cm³/mol. The quantitative estimate of drug-likeness (QED) is 0.261. The van der Waals surface area contributed by atoms with Gasteiger partial charge in [-0.05, 0) is 6.92 Å². The number of halogens is 1. The summed E-state index contributed by atoms with van der Waals surface area (Å²) in [7, 11) is 1.55. The van der Waals surface area contributed by atoms with Gasteiger partial charge in [0.1, 0.15) is 5.69 Å². The van der Waals surface area contributed by atoms with Crippen LogP contribution in [0.1, 0.15) is 17.4 Å². The van der Waals surface area contributed by atoms with Gasteiger partial charge in [0, 0.05) is 25.7 Å². The standard InChI is InChI=1S/C10H16N6O3.ClH/c1-6(14-10(11)12)4-13-9(17)8-3-7(16(18)19)5-15(8)2;/h3,5-6H,4H2,1-2H3,(H,13,17)(H4,11,12,14);1H. The fourth-order valence-electron chi connectivity index (χ4n) is 1.53. The van der Waals surface area contributed by atoms with Crippen LogP contribution in [0.25, 0.3) is 0 Å². The largest absolute Gasteiger partial charge is 0.370 e. The molecule has 1 unspecified atom stereocenters. The van der Waals surface area contributed by atoms with E-state index in [1.807, 2.05) is 0 Å². The summed E-state index contributed by atoms with van der Waals surface area (Å²) in [5, 5.41) is 22.8. The first-order valence-corrected chi connectivity index (χ1v) is 5.50. The van der Waals surface area contributed by atoms with Crippen LogP contribution in [0.5, 0.6) is 0 Å². The van der Waals surface area contributed by atoms with Crippen molar-refractivity contribution >= 4 is 30.0 Å². The zero-order valence-electron chi connectivity index (χ0n) is 11.0. The lowest BCUT2D eigenvalue weighted by atomic mass is 10.3. The summed E-state index contributed by atoms with van der Waals surface area (Å²) in [5.74, 6) is -0.607. The van der Waals surface area contributed by atoms with Crippen molar-refractivity contribution in [1.82, 2.24) is 15.2 Å². The van der Waals surface area contributed by atoms with E-state index in [0.717, 1.165) is 0 Å². The van der Waals surface area contributed by atoms with Gasteiger partial charge in [0.2, 0.25) is 0 Å². The highest BCUT2D eigenvalue weighted by atomic mass is 35.5. The second kappa shape index (κ2) is 7.34. The number of amides is 1. The van der Waals surface area contributed by atoms with Crippen molar-refractivity contribution in [3.05, 3.63) is 28.1 Å². The van der Waals surface area contributed by atoms with Crippen LogP contribution in [0.15, 0.2) is 12.3 Å². The van der Waals surface area contributed by atoms with Gasteiger partial charge in [-0.2, -0.15) is 0 Å². The van der Waals surface area contributed by atoms with E-state index in [1.54, 1.807) is 14.0 Å². The molecule has 0 radical (unpaired) electrons. The predicted octanol–water partition coefficient (Wildman–Crippen LogP) is -0.0435. The van der Waals surface area contributed by atoms with Crippen LogP contribution in [0, 0.1) is 15.5 Å². The highest BCUT2D eigenvalue weighted by Crippen LogP contribution is 2.14. The third-order valence-corrected chi connectivity index (χ3v) is 2.40. The molecule has 20 heavy (non-hydrogen) atoms. The van der Waals surface area contributed by atoms with Gasteiger partial charge in [-0.25, -0.2) is 0 Å². The number of nitrogens with zero attached hydrogens (tertiary/aromatic N) is 2. The molecule has 1 heterocycles. The molecule has 0 aromatic carbocycles. The van der Waals surface area contributed by atoms with Gasteiger partial charge in [0.05, 0.1) is 11.1 Å². The minimum Gasteiger partial charge on any atom is -0.370 e. The van der Waals surface area contributed by atoms with Crippen molar-refractivity contribution in [1.29, 1.82) is 5.41 Å². The molecule has 0 fully saturated rings. The summed E-state index contributed by atoms with van der Waals surface area (Å²) >= 11 is 0. The normalized spacial score (nSPS) is 11.1. The first kappa shape index (κ1) is 17.7. The topological polar surface area (TPSA) is 139 Å². The van der Waals surface area contributed by atoms with Crippen LogP contribution in [-0.4, -0.2) is 33.9 Å². The maximum Gasteiger partial charge on any atom is 0.287 e. The monoisotopic (exact) mass is 304 g/mol. The van der Waals surface area contributed by atoms with Crippen molar-refractivity contribution in [3.8, 4) is 0 Å². The third kappa shape index (κ3) is 4.76. The van der Waals surface area contributed by atoms with Gasteiger partial charge >= 0.3 is 0 Å². The molecule has 1 amide bonds. The number of aryl methyl sites for hydroxylation is 1. The van der Waals surface area contributed by atoms with E-state index >= 15 is 0 Å². The van der Waals surface area contributed by atoms with Gasteiger partial charge < -0.3 is 20.9 Å². The lowest BCUT2D eigenvalue weighted by molar-refractivity contribution is -0.384.